The zero-order valence-corrected chi connectivity index (χ0v) is 17.9. The third kappa shape index (κ3) is 3.95. The smallest absolute Gasteiger partial charge is 0.352 e. The van der Waals surface area contributed by atoms with Gasteiger partial charge in [-0.15, -0.1) is 0 Å². The number of carbonyl (C=O) groups excluding carboxylic acids is 1. The molecule has 0 spiro atoms. The van der Waals surface area contributed by atoms with Crippen LogP contribution in [-0.4, -0.2) is 59.7 Å². The van der Waals surface area contributed by atoms with Crippen molar-refractivity contribution >= 4 is 28.5 Å². The van der Waals surface area contributed by atoms with E-state index in [1.807, 2.05) is 60.4 Å². The van der Waals surface area contributed by atoms with Crippen LogP contribution in [0.5, 0.6) is 5.75 Å². The molecule has 4 rings (SSSR count). The molecule has 1 aliphatic heterocycles. The quantitative estimate of drug-likeness (QED) is 0.661. The Morgan fingerprint density at radius 2 is 1.68 bits per heavy atom. The first-order chi connectivity index (χ1) is 15.0. The van der Waals surface area contributed by atoms with E-state index in [1.54, 1.807) is 11.7 Å². The fourth-order valence-electron chi connectivity index (χ4n) is 4.40. The van der Waals surface area contributed by atoms with Crippen LogP contribution in [0.1, 0.15) is 23.0 Å². The highest BCUT2D eigenvalue weighted by atomic mass is 16.5. The Bertz CT molecular complexity index is 1100. The van der Waals surface area contributed by atoms with Crippen LogP contribution in [0.25, 0.3) is 10.9 Å². The molecule has 31 heavy (non-hydrogen) atoms. The zero-order valence-electron chi connectivity index (χ0n) is 17.9. The predicted octanol–water partition coefficient (Wildman–Crippen LogP) is 3.26. The van der Waals surface area contributed by atoms with Gasteiger partial charge in [0.05, 0.1) is 13.5 Å². The highest BCUT2D eigenvalue weighted by Gasteiger charge is 2.27. The van der Waals surface area contributed by atoms with Crippen LogP contribution in [0.15, 0.2) is 48.5 Å². The molecule has 0 atom stereocenters. The third-order valence-corrected chi connectivity index (χ3v) is 5.99. The number of para-hydroxylation sites is 1. The molecule has 3 aromatic rings. The molecule has 0 aliphatic carbocycles. The first kappa shape index (κ1) is 20.8. The minimum atomic E-state index is -0.995. The molecule has 1 aliphatic rings. The number of amides is 1. The van der Waals surface area contributed by atoms with E-state index in [9.17, 15) is 14.7 Å². The number of aromatic carboxylic acids is 1. The van der Waals surface area contributed by atoms with Gasteiger partial charge < -0.3 is 24.2 Å². The molecule has 1 N–H and O–H groups in total. The molecule has 7 heteroatoms. The minimum Gasteiger partial charge on any atom is -0.497 e. The van der Waals surface area contributed by atoms with Crippen molar-refractivity contribution < 1.29 is 19.4 Å². The van der Waals surface area contributed by atoms with Crippen molar-refractivity contribution in [3.8, 4) is 5.75 Å². The zero-order chi connectivity index (χ0) is 22.0. The van der Waals surface area contributed by atoms with Crippen molar-refractivity contribution in [3.05, 3.63) is 59.8 Å². The van der Waals surface area contributed by atoms with Gasteiger partial charge in [-0.1, -0.05) is 18.2 Å². The number of ether oxygens (including phenoxy) is 1. The number of benzene rings is 2. The second kappa shape index (κ2) is 8.71. The van der Waals surface area contributed by atoms with Crippen LogP contribution >= 0.6 is 0 Å². The number of hydrogen-bond donors (Lipinski definition) is 1. The summed E-state index contributed by atoms with van der Waals surface area (Å²) in [5.41, 5.74) is 2.78. The number of carboxylic acids is 1. The number of carboxylic acid groups (broad SMARTS) is 1. The first-order valence-electron chi connectivity index (χ1n) is 10.5. The molecule has 1 aromatic heterocycles. The summed E-state index contributed by atoms with van der Waals surface area (Å²) in [7, 11) is 1.65. The number of piperazine rings is 1. The average Bonchev–Trinajstić information content (AvgIpc) is 3.13. The van der Waals surface area contributed by atoms with E-state index in [4.69, 9.17) is 4.74 Å². The molecule has 1 saturated heterocycles. The standard InChI is InChI=1S/C24H27N3O4/c1-3-27-21-7-5-4-6-19(21)20(23(27)24(29)30)16-22(28)26-14-12-25(13-15-26)17-8-10-18(31-2)11-9-17/h4-11H,3,12-16H2,1-2H3,(H,29,30). The molecule has 0 bridgehead atoms. The number of anilines is 1. The molecule has 2 heterocycles. The molecule has 0 unspecified atom stereocenters. The van der Waals surface area contributed by atoms with Crippen LogP contribution in [0.3, 0.4) is 0 Å². The molecular weight excluding hydrogens is 394 g/mol. The van der Waals surface area contributed by atoms with E-state index in [2.05, 4.69) is 4.90 Å². The number of carbonyl (C=O) groups is 2. The average molecular weight is 421 g/mol. The predicted molar refractivity (Wildman–Crippen MR) is 120 cm³/mol. The Labute approximate surface area is 181 Å². The lowest BCUT2D eigenvalue weighted by molar-refractivity contribution is -0.130. The minimum absolute atomic E-state index is 0.0316. The molecule has 0 radical (unpaired) electrons. The topological polar surface area (TPSA) is 75.0 Å². The number of fused-ring (bicyclic) bond motifs is 1. The van der Waals surface area contributed by atoms with Gasteiger partial charge in [-0.3, -0.25) is 4.79 Å². The van der Waals surface area contributed by atoms with Gasteiger partial charge in [0.25, 0.3) is 0 Å². The van der Waals surface area contributed by atoms with Crippen molar-refractivity contribution in [2.45, 2.75) is 19.9 Å². The highest BCUT2D eigenvalue weighted by molar-refractivity contribution is 6.00. The van der Waals surface area contributed by atoms with E-state index >= 15 is 0 Å². The molecule has 7 nitrogen and oxygen atoms in total. The summed E-state index contributed by atoms with van der Waals surface area (Å²) in [6, 6.07) is 15.5. The number of methoxy groups -OCH3 is 1. The summed E-state index contributed by atoms with van der Waals surface area (Å²) in [6.45, 7) is 5.15. The Morgan fingerprint density at radius 1 is 1.00 bits per heavy atom. The highest BCUT2D eigenvalue weighted by Crippen LogP contribution is 2.28. The van der Waals surface area contributed by atoms with E-state index < -0.39 is 5.97 Å². The number of aromatic nitrogens is 1. The fraction of sp³-hybridized carbons (Fsp3) is 0.333. The van der Waals surface area contributed by atoms with Crippen molar-refractivity contribution in [1.82, 2.24) is 9.47 Å². The normalized spacial score (nSPS) is 14.1. The van der Waals surface area contributed by atoms with Crippen molar-refractivity contribution in [1.29, 1.82) is 0 Å². The fourth-order valence-corrected chi connectivity index (χ4v) is 4.40. The van der Waals surface area contributed by atoms with Gasteiger partial charge in [0, 0.05) is 54.9 Å². The van der Waals surface area contributed by atoms with Gasteiger partial charge in [0.1, 0.15) is 11.4 Å². The van der Waals surface area contributed by atoms with Gasteiger partial charge in [0.15, 0.2) is 0 Å². The van der Waals surface area contributed by atoms with E-state index in [0.29, 0.717) is 25.2 Å². The van der Waals surface area contributed by atoms with Crippen LogP contribution in [0.2, 0.25) is 0 Å². The lowest BCUT2D eigenvalue weighted by Gasteiger charge is -2.36. The second-order valence-corrected chi connectivity index (χ2v) is 7.64. The van der Waals surface area contributed by atoms with Gasteiger partial charge in [-0.25, -0.2) is 4.79 Å². The Morgan fingerprint density at radius 3 is 2.29 bits per heavy atom. The maximum absolute atomic E-state index is 13.1. The monoisotopic (exact) mass is 421 g/mol. The number of hydrogen-bond acceptors (Lipinski definition) is 4. The largest absolute Gasteiger partial charge is 0.497 e. The van der Waals surface area contributed by atoms with Crippen molar-refractivity contribution in [3.63, 3.8) is 0 Å². The van der Waals surface area contributed by atoms with Crippen LogP contribution < -0.4 is 9.64 Å². The van der Waals surface area contributed by atoms with E-state index in [-0.39, 0.29) is 18.0 Å². The number of rotatable bonds is 6. The SMILES string of the molecule is CCn1c(C(=O)O)c(CC(=O)N2CCN(c3ccc(OC)cc3)CC2)c2ccccc21. The lowest BCUT2D eigenvalue weighted by atomic mass is 10.1. The maximum atomic E-state index is 13.1. The second-order valence-electron chi connectivity index (χ2n) is 7.64. The number of aryl methyl sites for hydroxylation is 1. The molecule has 162 valence electrons. The maximum Gasteiger partial charge on any atom is 0.352 e. The van der Waals surface area contributed by atoms with Crippen LogP contribution in [0.4, 0.5) is 5.69 Å². The summed E-state index contributed by atoms with van der Waals surface area (Å²) in [6.07, 6.45) is 0.0949. The van der Waals surface area contributed by atoms with Crippen LogP contribution in [0, 0.1) is 0 Å². The Hall–Kier alpha value is -3.48. The summed E-state index contributed by atoms with van der Waals surface area (Å²) in [5.74, 6) is -0.209. The summed E-state index contributed by atoms with van der Waals surface area (Å²) in [5, 5.41) is 10.7. The first-order valence-corrected chi connectivity index (χ1v) is 10.5. The van der Waals surface area contributed by atoms with Gasteiger partial charge in [-0.2, -0.15) is 0 Å². The van der Waals surface area contributed by atoms with Crippen LogP contribution in [-0.2, 0) is 17.8 Å². The van der Waals surface area contributed by atoms with E-state index in [0.717, 1.165) is 35.4 Å². The third-order valence-electron chi connectivity index (χ3n) is 5.99. The molecule has 0 saturated carbocycles. The molecular formula is C24H27N3O4. The van der Waals surface area contributed by atoms with Gasteiger partial charge >= 0.3 is 5.97 Å². The van der Waals surface area contributed by atoms with Crippen molar-refractivity contribution in [2.75, 3.05) is 38.2 Å². The lowest BCUT2D eigenvalue weighted by Crippen LogP contribution is -2.49. The van der Waals surface area contributed by atoms with E-state index in [1.165, 1.54) is 0 Å². The summed E-state index contributed by atoms with van der Waals surface area (Å²) in [4.78, 5) is 29.2. The Balaban J connectivity index is 1.50. The number of nitrogens with zero attached hydrogens (tertiary/aromatic N) is 3. The molecule has 1 fully saturated rings. The van der Waals surface area contributed by atoms with Gasteiger partial charge in [-0.05, 0) is 37.3 Å². The van der Waals surface area contributed by atoms with Crippen molar-refractivity contribution in [2.24, 2.45) is 0 Å². The molecule has 1 amide bonds. The summed E-state index contributed by atoms with van der Waals surface area (Å²) < 4.78 is 6.99. The Kier molecular flexibility index (Phi) is 5.84. The summed E-state index contributed by atoms with van der Waals surface area (Å²) >= 11 is 0. The molecule has 2 aromatic carbocycles. The van der Waals surface area contributed by atoms with Gasteiger partial charge in [0.2, 0.25) is 5.91 Å².